The van der Waals surface area contributed by atoms with Gasteiger partial charge in [-0.15, -0.1) is 6.42 Å². The molecule has 3 aliphatic rings. The van der Waals surface area contributed by atoms with Gasteiger partial charge in [0, 0.05) is 24.3 Å². The Balaban J connectivity index is 0.000000229. The van der Waals surface area contributed by atoms with E-state index in [0.717, 1.165) is 30.9 Å². The Morgan fingerprint density at radius 1 is 1.02 bits per heavy atom. The minimum absolute atomic E-state index is 0.0170. The fourth-order valence-electron chi connectivity index (χ4n) is 5.85. The van der Waals surface area contributed by atoms with Gasteiger partial charge in [0.2, 0.25) is 17.7 Å². The summed E-state index contributed by atoms with van der Waals surface area (Å²) >= 11 is 5.63. The van der Waals surface area contributed by atoms with Crippen molar-refractivity contribution in [2.75, 3.05) is 55.3 Å². The van der Waals surface area contributed by atoms with Crippen LogP contribution in [-0.4, -0.2) is 124 Å². The number of hydrogen-bond donors (Lipinski definition) is 7. The number of halogens is 2. The molecule has 0 spiro atoms. The van der Waals surface area contributed by atoms with Crippen molar-refractivity contribution < 1.29 is 80.4 Å². The molecule has 4 heterocycles. The number of carboxylic acid groups (broad SMARTS) is 2. The zero-order valence-corrected chi connectivity index (χ0v) is 35.4. The lowest BCUT2D eigenvalue weighted by Crippen LogP contribution is -2.39. The highest BCUT2D eigenvalue weighted by Crippen LogP contribution is 2.42. The van der Waals surface area contributed by atoms with Crippen molar-refractivity contribution in [3.63, 3.8) is 0 Å². The summed E-state index contributed by atoms with van der Waals surface area (Å²) in [6, 6.07) is 2.43. The molecule has 0 saturated carbocycles. The number of aliphatic carboxylic acids is 1. The number of carboxylic acids is 2. The van der Waals surface area contributed by atoms with Crippen LogP contribution in [0.25, 0.3) is 0 Å². The first-order chi connectivity index (χ1) is 29.5. The van der Waals surface area contributed by atoms with E-state index in [1.54, 1.807) is 4.72 Å². The lowest BCUT2D eigenvalue weighted by molar-refractivity contribution is -0.136. The number of sulfonamides is 1. The molecule has 25 nitrogen and oxygen atoms in total. The van der Waals surface area contributed by atoms with Crippen LogP contribution >= 0.6 is 19.2 Å². The number of anilines is 3. The van der Waals surface area contributed by atoms with Gasteiger partial charge in [-0.3, -0.25) is 44.0 Å². The van der Waals surface area contributed by atoms with E-state index >= 15 is 0 Å². The number of ether oxygens (including phenoxy) is 3. The summed E-state index contributed by atoms with van der Waals surface area (Å²) in [5, 5.41) is 23.4. The van der Waals surface area contributed by atoms with E-state index in [4.69, 9.17) is 52.2 Å². The van der Waals surface area contributed by atoms with Gasteiger partial charge in [-0.1, -0.05) is 17.5 Å². The molecular formula is C34H36ClFN9O16PS. The Labute approximate surface area is 360 Å². The molecule has 1 aromatic carbocycles. The fraction of sp³-hybridized carbons (Fsp3) is 0.324. The Hall–Kier alpha value is -6.69. The van der Waals surface area contributed by atoms with Crippen molar-refractivity contribution in [1.29, 1.82) is 0 Å². The van der Waals surface area contributed by atoms with E-state index in [1.165, 1.54) is 31.3 Å². The first-order valence-electron chi connectivity index (χ1n) is 17.6. The smallest absolute Gasteiger partial charge is 0.341 e. The molecule has 63 heavy (non-hydrogen) atoms. The maximum atomic E-state index is 14.7. The Bertz CT molecular complexity index is 2550. The van der Waals surface area contributed by atoms with E-state index in [2.05, 4.69) is 31.6 Å². The molecule has 1 aliphatic carbocycles. The number of urea groups is 1. The molecule has 3 aromatic rings. The highest BCUT2D eigenvalue weighted by Gasteiger charge is 2.42. The third kappa shape index (κ3) is 12.0. The number of terminal acetylenes is 1. The second kappa shape index (κ2) is 20.5. The molecule has 0 unspecified atom stereocenters. The van der Waals surface area contributed by atoms with Crippen LogP contribution in [0.2, 0.25) is 5.15 Å². The van der Waals surface area contributed by atoms with Gasteiger partial charge in [0.25, 0.3) is 27.7 Å². The first kappa shape index (κ1) is 49.0. The average Bonchev–Trinajstić information content (AvgIpc) is 3.65. The van der Waals surface area contributed by atoms with E-state index in [-0.39, 0.29) is 53.9 Å². The van der Waals surface area contributed by atoms with Crippen LogP contribution in [0, 0.1) is 18.2 Å². The Kier molecular flexibility index (Phi) is 15.9. The number of methoxy groups -OCH3 is 2. The van der Waals surface area contributed by atoms with Crippen LogP contribution in [-0.2, 0) is 40.8 Å². The maximum Gasteiger partial charge on any atom is 0.341 e. The number of amides is 5. The lowest BCUT2D eigenvalue weighted by Gasteiger charge is -2.29. The molecule has 6 rings (SSSR count). The normalized spacial score (nSPS) is 14.5. The predicted octanol–water partition coefficient (Wildman–Crippen LogP) is 0.813. The van der Waals surface area contributed by atoms with Gasteiger partial charge in [0.05, 0.1) is 51.0 Å². The van der Waals surface area contributed by atoms with Crippen molar-refractivity contribution in [2.45, 2.75) is 30.7 Å². The van der Waals surface area contributed by atoms with Gasteiger partial charge in [-0.2, -0.15) is 23.5 Å². The Morgan fingerprint density at radius 3 is 2.11 bits per heavy atom. The van der Waals surface area contributed by atoms with Gasteiger partial charge < -0.3 is 34.2 Å². The number of nitrogens with one attached hydrogen (secondary N) is 3. The van der Waals surface area contributed by atoms with Crippen LogP contribution in [0.4, 0.5) is 26.5 Å². The van der Waals surface area contributed by atoms with E-state index in [0.29, 0.717) is 28.7 Å². The molecule has 29 heteroatoms. The molecule has 7 N–H and O–H groups in total. The third-order valence-electron chi connectivity index (χ3n) is 8.42. The summed E-state index contributed by atoms with van der Waals surface area (Å²) in [7, 11) is -4.95. The lowest BCUT2D eigenvalue weighted by atomic mass is 9.93. The zero-order valence-electron chi connectivity index (χ0n) is 32.9. The van der Waals surface area contributed by atoms with Crippen molar-refractivity contribution in [3.8, 4) is 29.9 Å². The SMILES string of the molecule is C#CCN1C(=O)COc2cc(F)c(N3C(=O)C4=C(CCCC4)C3=O)cc21.COc1cc(OC)nc(NC(=O)NS(=O)(=O)c2c(C(=O)O)c(Cl)nn2C)n1.O=C(O)CNCP(=O)(O)O. The van der Waals surface area contributed by atoms with Gasteiger partial charge in [0.1, 0.15) is 11.3 Å². The molecular weight excluding hydrogens is 908 g/mol. The van der Waals surface area contributed by atoms with Crippen LogP contribution in [0.5, 0.6) is 17.5 Å². The largest absolute Gasteiger partial charge is 0.481 e. The monoisotopic (exact) mass is 943 g/mol. The summed E-state index contributed by atoms with van der Waals surface area (Å²) in [6.45, 7) is -0.701. The van der Waals surface area contributed by atoms with Crippen molar-refractivity contribution in [3.05, 3.63) is 45.9 Å². The molecule has 5 amide bonds. The second-order valence-corrected chi connectivity index (χ2v) is 16.3. The number of aromatic carboxylic acids is 1. The molecule has 2 aromatic heterocycles. The summed E-state index contributed by atoms with van der Waals surface area (Å²) in [5.41, 5.74) is 0.214. The summed E-state index contributed by atoms with van der Waals surface area (Å²) in [6.07, 6.45) is 7.41. The fourth-order valence-corrected chi connectivity index (χ4v) is 7.82. The van der Waals surface area contributed by atoms with Gasteiger partial charge in [-0.05, 0) is 31.7 Å². The minimum Gasteiger partial charge on any atom is -0.481 e. The topological polar surface area (TPSA) is 348 Å². The van der Waals surface area contributed by atoms with E-state index in [1.807, 2.05) is 0 Å². The molecule has 0 atom stereocenters. The summed E-state index contributed by atoms with van der Waals surface area (Å²) in [4.78, 5) is 96.6. The number of fused-ring (bicyclic) bond motifs is 1. The number of nitrogens with zero attached hydrogens (tertiary/aromatic N) is 6. The molecule has 0 fully saturated rings. The number of rotatable bonds is 12. The standard InChI is InChI=1S/C19H15FN2O4.C12H13ClN6O7S.C3H8NO5P/c1-2-7-21-15-9-14(13(20)8-16(15)26-10-17(21)23)22-18(24)11-5-3-4-6-12(11)19(22)25;1-19-9(7(10(20)21)8(13)17-19)27(23,24)18-12(22)16-11-14-5(25-2)4-6(15-11)26-3;5-3(6)1-4-2-10(7,8)9/h1,8-9H,3-7,10H2;4H,1-3H3,(H,20,21)(H2,14,15,16,18,22);4H,1-2H2,(H,5,6)(H2,7,8,9). The van der Waals surface area contributed by atoms with Crippen molar-refractivity contribution in [2.24, 2.45) is 7.05 Å². The van der Waals surface area contributed by atoms with Crippen LogP contribution in [0.1, 0.15) is 36.0 Å². The summed E-state index contributed by atoms with van der Waals surface area (Å²) < 4.78 is 66.9. The number of benzene rings is 1. The quantitative estimate of drug-likeness (QED) is 0.0750. The molecule has 0 radical (unpaired) electrons. The zero-order chi connectivity index (χ0) is 47.0. The van der Waals surface area contributed by atoms with Crippen LogP contribution < -0.4 is 39.4 Å². The molecule has 338 valence electrons. The molecule has 2 aliphatic heterocycles. The van der Waals surface area contributed by atoms with Gasteiger partial charge in [-0.25, -0.2) is 23.6 Å². The van der Waals surface area contributed by atoms with Gasteiger partial charge >= 0.3 is 25.6 Å². The van der Waals surface area contributed by atoms with Crippen molar-refractivity contribution >= 4 is 82.2 Å². The second-order valence-electron chi connectivity index (χ2n) is 12.7. The Morgan fingerprint density at radius 2 is 1.60 bits per heavy atom. The maximum absolute atomic E-state index is 14.7. The number of imide groups is 1. The van der Waals surface area contributed by atoms with E-state index < -0.39 is 81.8 Å². The van der Waals surface area contributed by atoms with E-state index in [9.17, 15) is 46.1 Å². The molecule has 0 saturated heterocycles. The molecule has 0 bridgehead atoms. The number of carbonyl (C=O) groups excluding carboxylic acids is 4. The number of aryl methyl sites for hydroxylation is 1. The van der Waals surface area contributed by atoms with Gasteiger partial charge in [0.15, 0.2) is 22.6 Å². The average molecular weight is 944 g/mol. The van der Waals surface area contributed by atoms with Crippen LogP contribution in [0.3, 0.4) is 0 Å². The van der Waals surface area contributed by atoms with Crippen molar-refractivity contribution in [1.82, 2.24) is 29.8 Å². The third-order valence-corrected chi connectivity index (χ3v) is 10.7. The van der Waals surface area contributed by atoms with Crippen LogP contribution in [0.15, 0.2) is 34.4 Å². The number of hydrogen-bond acceptors (Lipinski definition) is 16. The highest BCUT2D eigenvalue weighted by molar-refractivity contribution is 7.90. The number of aromatic nitrogens is 4. The first-order valence-corrected chi connectivity index (χ1v) is 21.2. The highest BCUT2D eigenvalue weighted by atomic mass is 35.5. The summed E-state index contributed by atoms with van der Waals surface area (Å²) in [5.74, 6) is -2.59. The predicted molar refractivity (Wildman–Crippen MR) is 213 cm³/mol. The number of carbonyl (C=O) groups is 6. The minimum atomic E-state index is -4.64.